The Morgan fingerprint density at radius 3 is 2.03 bits per heavy atom. The summed E-state index contributed by atoms with van der Waals surface area (Å²) in [5, 5.41) is 0. The molecule has 4 rings (SSSR count). The molecule has 1 aliphatic heterocycles. The molecule has 0 N–H and O–H groups in total. The number of piperidine rings is 1. The van der Waals surface area contributed by atoms with E-state index in [1.807, 2.05) is 24.3 Å². The number of benzene rings is 3. The number of carbonyl (C=O) groups excluding carboxylic acids is 1. The molecule has 7 heteroatoms. The Morgan fingerprint density at radius 2 is 1.49 bits per heavy atom. The summed E-state index contributed by atoms with van der Waals surface area (Å²) >= 11 is 0. The van der Waals surface area contributed by atoms with Crippen molar-refractivity contribution in [3.05, 3.63) is 95.1 Å². The number of ether oxygens (including phenoxy) is 3. The molecule has 3 aromatic rings. The van der Waals surface area contributed by atoms with Crippen molar-refractivity contribution in [2.45, 2.75) is 25.2 Å². The van der Waals surface area contributed by atoms with Gasteiger partial charge in [0.1, 0.15) is 11.6 Å². The smallest absolute Gasteiger partial charge is 0.337 e. The normalized spacial score (nSPS) is 14.5. The standard InChI is InChI=1S/C30H33F2NO4/c1-35-28-20-24(30(34)36-2)8-13-27(28)37-19-3-16-33-17-14-23(15-18-33)29(21-4-9-25(31)10-5-21)22-6-11-26(32)12-7-22/h4-13,20,23,29H,3,14-19H2,1-2H3. The SMILES string of the molecule is COC(=O)c1ccc(OCCCN2CCC(C(c3ccc(F)cc3)c3ccc(F)cc3)CC2)c(OC)c1. The summed E-state index contributed by atoms with van der Waals surface area (Å²) in [5.74, 6) is 0.653. The van der Waals surface area contributed by atoms with Crippen LogP contribution in [0.5, 0.6) is 11.5 Å². The third-order valence-electron chi connectivity index (χ3n) is 7.02. The van der Waals surface area contributed by atoms with Gasteiger partial charge in [0.25, 0.3) is 0 Å². The van der Waals surface area contributed by atoms with Crippen LogP contribution in [0.3, 0.4) is 0 Å². The lowest BCUT2D eigenvalue weighted by Gasteiger charge is -2.36. The van der Waals surface area contributed by atoms with Gasteiger partial charge in [0.15, 0.2) is 11.5 Å². The van der Waals surface area contributed by atoms with Gasteiger partial charge in [-0.25, -0.2) is 13.6 Å². The zero-order valence-corrected chi connectivity index (χ0v) is 21.3. The first kappa shape index (κ1) is 26.6. The molecule has 196 valence electrons. The van der Waals surface area contributed by atoms with E-state index < -0.39 is 5.97 Å². The topological polar surface area (TPSA) is 48.0 Å². The van der Waals surface area contributed by atoms with E-state index in [2.05, 4.69) is 4.90 Å². The molecule has 1 saturated heterocycles. The van der Waals surface area contributed by atoms with Crippen molar-refractivity contribution in [1.29, 1.82) is 0 Å². The number of nitrogens with zero attached hydrogens (tertiary/aromatic N) is 1. The zero-order valence-electron chi connectivity index (χ0n) is 21.3. The second-order valence-electron chi connectivity index (χ2n) is 9.32. The lowest BCUT2D eigenvalue weighted by molar-refractivity contribution is 0.0600. The predicted octanol–water partition coefficient (Wildman–Crippen LogP) is 6.07. The Morgan fingerprint density at radius 1 is 0.892 bits per heavy atom. The Bertz CT molecular complexity index is 1110. The third kappa shape index (κ3) is 6.86. The predicted molar refractivity (Wildman–Crippen MR) is 138 cm³/mol. The number of carbonyl (C=O) groups is 1. The number of halogens is 2. The molecule has 37 heavy (non-hydrogen) atoms. The summed E-state index contributed by atoms with van der Waals surface area (Å²) in [4.78, 5) is 14.2. The molecule has 0 radical (unpaired) electrons. The first-order valence-electron chi connectivity index (χ1n) is 12.6. The van der Waals surface area contributed by atoms with Crippen LogP contribution in [0.15, 0.2) is 66.7 Å². The van der Waals surface area contributed by atoms with Gasteiger partial charge in [0.2, 0.25) is 0 Å². The van der Waals surface area contributed by atoms with E-state index in [1.165, 1.54) is 31.4 Å². The van der Waals surface area contributed by atoms with E-state index in [1.54, 1.807) is 25.3 Å². The van der Waals surface area contributed by atoms with Crippen LogP contribution >= 0.6 is 0 Å². The van der Waals surface area contributed by atoms with Gasteiger partial charge in [-0.3, -0.25) is 0 Å². The quantitative estimate of drug-likeness (QED) is 0.245. The lowest BCUT2D eigenvalue weighted by atomic mass is 9.76. The largest absolute Gasteiger partial charge is 0.493 e. The van der Waals surface area contributed by atoms with Gasteiger partial charge in [-0.1, -0.05) is 24.3 Å². The number of methoxy groups -OCH3 is 2. The second-order valence-corrected chi connectivity index (χ2v) is 9.32. The van der Waals surface area contributed by atoms with Crippen molar-refractivity contribution in [3.8, 4) is 11.5 Å². The number of hydrogen-bond acceptors (Lipinski definition) is 5. The van der Waals surface area contributed by atoms with Crippen molar-refractivity contribution in [3.63, 3.8) is 0 Å². The molecule has 1 fully saturated rings. The summed E-state index contributed by atoms with van der Waals surface area (Å²) < 4.78 is 43.2. The molecule has 0 aliphatic carbocycles. The van der Waals surface area contributed by atoms with Gasteiger partial charge >= 0.3 is 5.97 Å². The first-order chi connectivity index (χ1) is 18.0. The molecule has 0 atom stereocenters. The summed E-state index contributed by atoms with van der Waals surface area (Å²) in [6, 6.07) is 18.4. The molecular formula is C30H33F2NO4. The molecule has 3 aromatic carbocycles. The Hall–Kier alpha value is -3.45. The van der Waals surface area contributed by atoms with Crippen LogP contribution < -0.4 is 9.47 Å². The Balaban J connectivity index is 1.30. The molecule has 1 aliphatic rings. The van der Waals surface area contributed by atoms with Gasteiger partial charge in [-0.05, 0) is 91.9 Å². The van der Waals surface area contributed by atoms with Gasteiger partial charge in [0.05, 0.1) is 26.4 Å². The molecule has 0 amide bonds. The van der Waals surface area contributed by atoms with Crippen LogP contribution in [0.2, 0.25) is 0 Å². The highest BCUT2D eigenvalue weighted by molar-refractivity contribution is 5.90. The fourth-order valence-corrected chi connectivity index (χ4v) is 5.09. The molecular weight excluding hydrogens is 476 g/mol. The number of hydrogen-bond donors (Lipinski definition) is 0. The van der Waals surface area contributed by atoms with Gasteiger partial charge in [-0.2, -0.15) is 0 Å². The highest BCUT2D eigenvalue weighted by Gasteiger charge is 2.29. The summed E-state index contributed by atoms with van der Waals surface area (Å²) in [7, 11) is 2.88. The van der Waals surface area contributed by atoms with E-state index in [-0.39, 0.29) is 17.6 Å². The Kier molecular flexibility index (Phi) is 9.12. The van der Waals surface area contributed by atoms with Gasteiger partial charge in [-0.15, -0.1) is 0 Å². The van der Waals surface area contributed by atoms with E-state index in [0.29, 0.717) is 29.6 Å². The molecule has 0 bridgehead atoms. The third-order valence-corrected chi connectivity index (χ3v) is 7.02. The molecule has 0 saturated carbocycles. The lowest BCUT2D eigenvalue weighted by Crippen LogP contribution is -2.36. The fraction of sp³-hybridized carbons (Fsp3) is 0.367. The molecule has 0 aromatic heterocycles. The maximum atomic E-state index is 13.6. The van der Waals surface area contributed by atoms with Crippen molar-refractivity contribution in [2.75, 3.05) is 40.5 Å². The zero-order chi connectivity index (χ0) is 26.2. The minimum absolute atomic E-state index is 0.104. The summed E-state index contributed by atoms with van der Waals surface area (Å²) in [6.07, 6.45) is 2.86. The van der Waals surface area contributed by atoms with E-state index in [9.17, 15) is 13.6 Å². The van der Waals surface area contributed by atoms with Crippen molar-refractivity contribution < 1.29 is 27.8 Å². The second kappa shape index (κ2) is 12.7. The summed E-state index contributed by atoms with van der Waals surface area (Å²) in [6.45, 7) is 3.36. The monoisotopic (exact) mass is 509 g/mol. The maximum Gasteiger partial charge on any atom is 0.337 e. The minimum Gasteiger partial charge on any atom is -0.493 e. The molecule has 0 unspecified atom stereocenters. The Labute approximate surface area is 217 Å². The van der Waals surface area contributed by atoms with E-state index in [4.69, 9.17) is 14.2 Å². The van der Waals surface area contributed by atoms with Crippen LogP contribution in [-0.2, 0) is 4.74 Å². The van der Waals surface area contributed by atoms with Gasteiger partial charge < -0.3 is 19.1 Å². The van der Waals surface area contributed by atoms with Crippen molar-refractivity contribution >= 4 is 5.97 Å². The fourth-order valence-electron chi connectivity index (χ4n) is 5.09. The molecule has 1 heterocycles. The number of likely N-dealkylation sites (tertiary alicyclic amines) is 1. The van der Waals surface area contributed by atoms with E-state index >= 15 is 0 Å². The van der Waals surface area contributed by atoms with Crippen LogP contribution in [0, 0.1) is 17.6 Å². The first-order valence-corrected chi connectivity index (χ1v) is 12.6. The van der Waals surface area contributed by atoms with Crippen molar-refractivity contribution in [2.24, 2.45) is 5.92 Å². The van der Waals surface area contributed by atoms with Crippen LogP contribution in [0.1, 0.15) is 46.7 Å². The van der Waals surface area contributed by atoms with Crippen LogP contribution in [0.25, 0.3) is 0 Å². The highest BCUT2D eigenvalue weighted by atomic mass is 19.1. The average molecular weight is 510 g/mol. The van der Waals surface area contributed by atoms with Crippen LogP contribution in [-0.4, -0.2) is 51.3 Å². The number of esters is 1. The van der Waals surface area contributed by atoms with Crippen LogP contribution in [0.4, 0.5) is 8.78 Å². The maximum absolute atomic E-state index is 13.6. The van der Waals surface area contributed by atoms with Gasteiger partial charge in [0, 0.05) is 12.5 Å². The molecule has 0 spiro atoms. The summed E-state index contributed by atoms with van der Waals surface area (Å²) in [5.41, 5.74) is 2.54. The highest BCUT2D eigenvalue weighted by Crippen LogP contribution is 2.38. The van der Waals surface area contributed by atoms with Crippen molar-refractivity contribution in [1.82, 2.24) is 4.90 Å². The average Bonchev–Trinajstić information content (AvgIpc) is 2.93. The number of rotatable bonds is 10. The minimum atomic E-state index is -0.422. The van der Waals surface area contributed by atoms with E-state index in [0.717, 1.165) is 50.0 Å². The molecule has 5 nitrogen and oxygen atoms in total.